The predicted octanol–water partition coefficient (Wildman–Crippen LogP) is 3.76. The first-order valence-electron chi connectivity index (χ1n) is 8.18. The SMILES string of the molecule is CCN(CC)C(=O)C(OC(=O)c1cccc(C)c1)c1ccccc1. The van der Waals surface area contributed by atoms with Crippen LogP contribution in [0.15, 0.2) is 54.6 Å². The highest BCUT2D eigenvalue weighted by molar-refractivity contribution is 5.92. The summed E-state index contributed by atoms with van der Waals surface area (Å²) < 4.78 is 5.59. The van der Waals surface area contributed by atoms with Crippen molar-refractivity contribution in [2.75, 3.05) is 13.1 Å². The molecule has 0 aliphatic carbocycles. The molecule has 4 heteroatoms. The van der Waals surface area contributed by atoms with Crippen LogP contribution in [-0.2, 0) is 9.53 Å². The van der Waals surface area contributed by atoms with E-state index in [4.69, 9.17) is 4.74 Å². The molecule has 0 aromatic heterocycles. The molecule has 0 spiro atoms. The van der Waals surface area contributed by atoms with Crippen LogP contribution < -0.4 is 0 Å². The maximum Gasteiger partial charge on any atom is 0.339 e. The van der Waals surface area contributed by atoms with Crippen molar-refractivity contribution in [2.45, 2.75) is 26.9 Å². The molecule has 0 N–H and O–H groups in total. The number of carbonyl (C=O) groups excluding carboxylic acids is 2. The highest BCUT2D eigenvalue weighted by Crippen LogP contribution is 2.22. The van der Waals surface area contributed by atoms with Crippen LogP contribution in [0.4, 0.5) is 0 Å². The van der Waals surface area contributed by atoms with Crippen LogP contribution in [0.25, 0.3) is 0 Å². The van der Waals surface area contributed by atoms with Crippen LogP contribution in [-0.4, -0.2) is 29.9 Å². The van der Waals surface area contributed by atoms with Gasteiger partial charge in [0.1, 0.15) is 0 Å². The second-order valence-electron chi connectivity index (χ2n) is 5.58. The lowest BCUT2D eigenvalue weighted by Crippen LogP contribution is -2.36. The van der Waals surface area contributed by atoms with E-state index in [0.717, 1.165) is 5.56 Å². The summed E-state index contributed by atoms with van der Waals surface area (Å²) in [5.74, 6) is -0.694. The van der Waals surface area contributed by atoms with Crippen molar-refractivity contribution >= 4 is 11.9 Å². The predicted molar refractivity (Wildman–Crippen MR) is 93.7 cm³/mol. The molecule has 24 heavy (non-hydrogen) atoms. The Balaban J connectivity index is 2.29. The van der Waals surface area contributed by atoms with Crippen LogP contribution in [0, 0.1) is 6.92 Å². The van der Waals surface area contributed by atoms with Crippen molar-refractivity contribution < 1.29 is 14.3 Å². The number of esters is 1. The summed E-state index contributed by atoms with van der Waals surface area (Å²) in [7, 11) is 0. The van der Waals surface area contributed by atoms with Crippen LogP contribution >= 0.6 is 0 Å². The fourth-order valence-corrected chi connectivity index (χ4v) is 2.54. The van der Waals surface area contributed by atoms with Crippen LogP contribution in [0.3, 0.4) is 0 Å². The van der Waals surface area contributed by atoms with Gasteiger partial charge in [-0.05, 0) is 32.9 Å². The van der Waals surface area contributed by atoms with Gasteiger partial charge < -0.3 is 9.64 Å². The van der Waals surface area contributed by atoms with E-state index in [2.05, 4.69) is 0 Å². The Bertz CT molecular complexity index is 693. The van der Waals surface area contributed by atoms with Crippen molar-refractivity contribution in [1.82, 2.24) is 4.90 Å². The zero-order valence-corrected chi connectivity index (χ0v) is 14.4. The molecule has 1 amide bonds. The molecule has 1 atom stereocenters. The number of rotatable bonds is 6. The molecule has 0 aliphatic rings. The highest BCUT2D eigenvalue weighted by atomic mass is 16.5. The van der Waals surface area contributed by atoms with E-state index in [9.17, 15) is 9.59 Å². The number of amides is 1. The Morgan fingerprint density at radius 1 is 1.00 bits per heavy atom. The standard InChI is InChI=1S/C20H23NO3/c1-4-21(5-2)19(22)18(16-11-7-6-8-12-16)24-20(23)17-13-9-10-15(3)14-17/h6-14,18H,4-5H2,1-3H3. The van der Waals surface area contributed by atoms with Gasteiger partial charge in [-0.2, -0.15) is 0 Å². The van der Waals surface area contributed by atoms with E-state index in [0.29, 0.717) is 24.2 Å². The third kappa shape index (κ3) is 4.22. The van der Waals surface area contributed by atoms with Crippen molar-refractivity contribution in [2.24, 2.45) is 0 Å². The molecular formula is C20H23NO3. The highest BCUT2D eigenvalue weighted by Gasteiger charge is 2.28. The quantitative estimate of drug-likeness (QED) is 0.760. The Labute approximate surface area is 143 Å². The topological polar surface area (TPSA) is 46.6 Å². The molecule has 0 radical (unpaired) electrons. The molecule has 2 rings (SSSR count). The van der Waals surface area contributed by atoms with Gasteiger partial charge in [-0.1, -0.05) is 48.0 Å². The maximum atomic E-state index is 12.8. The average Bonchev–Trinajstić information content (AvgIpc) is 2.61. The summed E-state index contributed by atoms with van der Waals surface area (Å²) in [6.07, 6.45) is -0.931. The number of hydrogen-bond donors (Lipinski definition) is 0. The van der Waals surface area contributed by atoms with E-state index in [-0.39, 0.29) is 5.91 Å². The molecule has 0 saturated carbocycles. The van der Waals surface area contributed by atoms with Gasteiger partial charge in [-0.25, -0.2) is 4.79 Å². The van der Waals surface area contributed by atoms with E-state index in [1.165, 1.54) is 0 Å². The molecular weight excluding hydrogens is 302 g/mol. The van der Waals surface area contributed by atoms with E-state index >= 15 is 0 Å². The molecule has 0 fully saturated rings. The molecule has 0 bridgehead atoms. The first kappa shape index (κ1) is 17.7. The number of benzene rings is 2. The van der Waals surface area contributed by atoms with Gasteiger partial charge in [0.05, 0.1) is 5.56 Å². The van der Waals surface area contributed by atoms with Crippen molar-refractivity contribution in [3.63, 3.8) is 0 Å². The van der Waals surface area contributed by atoms with E-state index in [1.54, 1.807) is 35.2 Å². The molecule has 4 nitrogen and oxygen atoms in total. The third-order valence-electron chi connectivity index (χ3n) is 3.88. The number of ether oxygens (including phenoxy) is 1. The van der Waals surface area contributed by atoms with Gasteiger partial charge in [0.25, 0.3) is 5.91 Å². The first-order valence-corrected chi connectivity index (χ1v) is 8.18. The molecule has 0 heterocycles. The minimum atomic E-state index is -0.931. The van der Waals surface area contributed by atoms with Crippen LogP contribution in [0.5, 0.6) is 0 Å². The van der Waals surface area contributed by atoms with Gasteiger partial charge in [-0.3, -0.25) is 4.79 Å². The molecule has 0 saturated heterocycles. The second-order valence-corrected chi connectivity index (χ2v) is 5.58. The fraction of sp³-hybridized carbons (Fsp3) is 0.300. The summed E-state index contributed by atoms with van der Waals surface area (Å²) in [4.78, 5) is 26.9. The largest absolute Gasteiger partial charge is 0.444 e. The Hall–Kier alpha value is -2.62. The summed E-state index contributed by atoms with van der Waals surface area (Å²) in [6.45, 7) is 6.87. The lowest BCUT2D eigenvalue weighted by molar-refractivity contribution is -0.140. The normalized spacial score (nSPS) is 11.6. The number of aryl methyl sites for hydroxylation is 1. The minimum absolute atomic E-state index is 0.202. The van der Waals surface area contributed by atoms with Crippen LogP contribution in [0.2, 0.25) is 0 Å². The first-order chi connectivity index (χ1) is 11.6. The van der Waals surface area contributed by atoms with Crippen LogP contribution in [0.1, 0.15) is 41.4 Å². The monoisotopic (exact) mass is 325 g/mol. The Morgan fingerprint density at radius 2 is 1.67 bits per heavy atom. The molecule has 2 aromatic carbocycles. The van der Waals surface area contributed by atoms with Gasteiger partial charge >= 0.3 is 5.97 Å². The number of nitrogens with zero attached hydrogens (tertiary/aromatic N) is 1. The van der Waals surface area contributed by atoms with Gasteiger partial charge in [0.2, 0.25) is 6.10 Å². The Morgan fingerprint density at radius 3 is 2.25 bits per heavy atom. The lowest BCUT2D eigenvalue weighted by Gasteiger charge is -2.25. The average molecular weight is 325 g/mol. The second kappa shape index (κ2) is 8.29. The van der Waals surface area contributed by atoms with Crippen molar-refractivity contribution in [3.05, 3.63) is 71.3 Å². The minimum Gasteiger partial charge on any atom is -0.444 e. The summed E-state index contributed by atoms with van der Waals surface area (Å²) in [5.41, 5.74) is 2.09. The molecule has 126 valence electrons. The molecule has 2 aromatic rings. The third-order valence-corrected chi connectivity index (χ3v) is 3.88. The fourth-order valence-electron chi connectivity index (χ4n) is 2.54. The summed E-state index contributed by atoms with van der Waals surface area (Å²) in [6, 6.07) is 16.3. The maximum absolute atomic E-state index is 12.8. The number of likely N-dealkylation sites (N-methyl/N-ethyl adjacent to an activating group) is 1. The molecule has 0 aliphatic heterocycles. The van der Waals surface area contributed by atoms with Gasteiger partial charge in [0, 0.05) is 18.7 Å². The zero-order valence-electron chi connectivity index (χ0n) is 14.4. The van der Waals surface area contributed by atoms with E-state index < -0.39 is 12.1 Å². The summed E-state index contributed by atoms with van der Waals surface area (Å²) >= 11 is 0. The van der Waals surface area contributed by atoms with Gasteiger partial charge in [0.15, 0.2) is 0 Å². The summed E-state index contributed by atoms with van der Waals surface area (Å²) in [5, 5.41) is 0. The number of carbonyl (C=O) groups is 2. The molecule has 1 unspecified atom stereocenters. The smallest absolute Gasteiger partial charge is 0.339 e. The van der Waals surface area contributed by atoms with Crippen molar-refractivity contribution in [1.29, 1.82) is 0 Å². The Kier molecular flexibility index (Phi) is 6.13. The van der Waals surface area contributed by atoms with E-state index in [1.807, 2.05) is 45.0 Å². The zero-order chi connectivity index (χ0) is 17.5. The van der Waals surface area contributed by atoms with Gasteiger partial charge in [-0.15, -0.1) is 0 Å². The lowest BCUT2D eigenvalue weighted by atomic mass is 10.1. The number of hydrogen-bond acceptors (Lipinski definition) is 3. The van der Waals surface area contributed by atoms with Crippen molar-refractivity contribution in [3.8, 4) is 0 Å².